The molecule has 1 saturated heterocycles. The number of carbonyl (C=O) groups is 2. The van der Waals surface area contributed by atoms with E-state index < -0.39 is 29.6 Å². The molecule has 0 saturated carbocycles. The number of hydrogen-bond acceptors (Lipinski definition) is 4. The SMILES string of the molecule is O=C(O)c1cc(-c2ccc([C@@H]3[C@@H](CC[C@H](O)c4ccc(F)cc4)C(=O)N3c3ccc(F)cc3)cc2)ccc1O. The predicted octanol–water partition coefficient (Wildman–Crippen LogP) is 6.25. The minimum atomic E-state index is -1.24. The molecule has 1 fully saturated rings. The fourth-order valence-electron chi connectivity index (χ4n) is 5.05. The van der Waals surface area contributed by atoms with Crippen molar-refractivity contribution in [1.82, 2.24) is 0 Å². The number of aliphatic hydroxyl groups excluding tert-OH is 1. The summed E-state index contributed by atoms with van der Waals surface area (Å²) in [5, 5.41) is 29.8. The summed E-state index contributed by atoms with van der Waals surface area (Å²) in [4.78, 5) is 26.3. The van der Waals surface area contributed by atoms with Crippen LogP contribution in [0.2, 0.25) is 0 Å². The topological polar surface area (TPSA) is 98.1 Å². The van der Waals surface area contributed by atoms with Crippen LogP contribution in [0.1, 0.15) is 46.5 Å². The van der Waals surface area contributed by atoms with E-state index in [2.05, 4.69) is 0 Å². The van der Waals surface area contributed by atoms with Gasteiger partial charge in [-0.15, -0.1) is 0 Å². The minimum absolute atomic E-state index is 0.147. The van der Waals surface area contributed by atoms with E-state index >= 15 is 0 Å². The van der Waals surface area contributed by atoms with Gasteiger partial charge in [0.25, 0.3) is 0 Å². The third-order valence-corrected chi connectivity index (χ3v) is 7.14. The second-order valence-corrected chi connectivity index (χ2v) is 9.54. The van der Waals surface area contributed by atoms with E-state index in [-0.39, 0.29) is 23.3 Å². The first-order valence-corrected chi connectivity index (χ1v) is 12.4. The summed E-state index contributed by atoms with van der Waals surface area (Å²) in [7, 11) is 0. The van der Waals surface area contributed by atoms with Crippen LogP contribution in [0.4, 0.5) is 14.5 Å². The van der Waals surface area contributed by atoms with Gasteiger partial charge in [0, 0.05) is 5.69 Å². The van der Waals surface area contributed by atoms with E-state index in [4.69, 9.17) is 0 Å². The zero-order chi connectivity index (χ0) is 27.7. The quantitative estimate of drug-likeness (QED) is 0.234. The number of anilines is 1. The Morgan fingerprint density at radius 3 is 2.05 bits per heavy atom. The zero-order valence-corrected chi connectivity index (χ0v) is 20.7. The Labute approximate surface area is 223 Å². The number of benzene rings is 4. The van der Waals surface area contributed by atoms with E-state index in [1.54, 1.807) is 23.1 Å². The standard InChI is InChI=1S/C31H25F2NO5/c32-22-8-5-19(6-9-22)27(35)16-14-25-29(34(30(25)37)24-12-10-23(33)11-13-24)20-3-1-18(2-4-20)21-7-15-28(36)26(17-21)31(38)39/h1-13,15,17,25,27,29,35-36H,14,16H2,(H,38,39)/t25-,27+,29-/m1/s1. The first-order chi connectivity index (χ1) is 18.7. The molecule has 1 aliphatic rings. The largest absolute Gasteiger partial charge is 0.507 e. The summed E-state index contributed by atoms with van der Waals surface area (Å²) in [5.74, 6) is -2.96. The smallest absolute Gasteiger partial charge is 0.339 e. The van der Waals surface area contributed by atoms with Crippen molar-refractivity contribution in [3.63, 3.8) is 0 Å². The Morgan fingerprint density at radius 1 is 0.846 bits per heavy atom. The van der Waals surface area contributed by atoms with Gasteiger partial charge in [-0.2, -0.15) is 0 Å². The highest BCUT2D eigenvalue weighted by atomic mass is 19.1. The average Bonchev–Trinajstić information content (AvgIpc) is 2.93. The van der Waals surface area contributed by atoms with Crippen LogP contribution in [0.25, 0.3) is 11.1 Å². The van der Waals surface area contributed by atoms with Crippen molar-refractivity contribution in [3.05, 3.63) is 119 Å². The van der Waals surface area contributed by atoms with Crippen LogP contribution in [0.5, 0.6) is 5.75 Å². The molecular weight excluding hydrogens is 504 g/mol. The number of amides is 1. The van der Waals surface area contributed by atoms with Crippen LogP contribution < -0.4 is 4.90 Å². The third-order valence-electron chi connectivity index (χ3n) is 7.14. The number of halogens is 2. The summed E-state index contributed by atoms with van der Waals surface area (Å²) < 4.78 is 26.8. The molecule has 0 aliphatic carbocycles. The number of aromatic carboxylic acids is 1. The van der Waals surface area contributed by atoms with Crippen LogP contribution in [0.15, 0.2) is 91.0 Å². The molecule has 198 valence electrons. The van der Waals surface area contributed by atoms with Crippen molar-refractivity contribution in [2.24, 2.45) is 5.92 Å². The highest BCUT2D eigenvalue weighted by Gasteiger charge is 2.48. The van der Waals surface area contributed by atoms with Gasteiger partial charge in [0.05, 0.1) is 18.1 Å². The molecule has 0 unspecified atom stereocenters. The Kier molecular flexibility index (Phi) is 7.13. The van der Waals surface area contributed by atoms with E-state index in [1.807, 2.05) is 24.3 Å². The number of β-lactam (4-membered cyclic amide) rings is 1. The van der Waals surface area contributed by atoms with Crippen molar-refractivity contribution in [2.45, 2.75) is 25.0 Å². The van der Waals surface area contributed by atoms with Gasteiger partial charge in [0.2, 0.25) is 5.91 Å². The van der Waals surface area contributed by atoms with E-state index in [1.165, 1.54) is 48.5 Å². The second-order valence-electron chi connectivity index (χ2n) is 9.54. The van der Waals surface area contributed by atoms with Crippen LogP contribution in [0.3, 0.4) is 0 Å². The summed E-state index contributed by atoms with van der Waals surface area (Å²) in [6.45, 7) is 0. The molecule has 1 aliphatic heterocycles. The predicted molar refractivity (Wildman–Crippen MR) is 141 cm³/mol. The second kappa shape index (κ2) is 10.7. The van der Waals surface area contributed by atoms with Gasteiger partial charge in [-0.05, 0) is 83.6 Å². The lowest BCUT2D eigenvalue weighted by molar-refractivity contribution is -0.131. The van der Waals surface area contributed by atoms with E-state index in [9.17, 15) is 33.7 Å². The summed E-state index contributed by atoms with van der Waals surface area (Å²) >= 11 is 0. The molecule has 0 aromatic heterocycles. The Balaban J connectivity index is 1.41. The number of nitrogens with zero attached hydrogens (tertiary/aromatic N) is 1. The van der Waals surface area contributed by atoms with E-state index in [0.29, 0.717) is 29.7 Å². The molecule has 0 bridgehead atoms. The summed E-state index contributed by atoms with van der Waals surface area (Å²) in [6, 6.07) is 22.5. The summed E-state index contributed by atoms with van der Waals surface area (Å²) in [5.41, 5.74) is 3.06. The Morgan fingerprint density at radius 2 is 1.44 bits per heavy atom. The van der Waals surface area contributed by atoms with Crippen LogP contribution >= 0.6 is 0 Å². The molecule has 0 radical (unpaired) electrons. The van der Waals surface area contributed by atoms with Crippen molar-refractivity contribution < 1.29 is 33.7 Å². The lowest BCUT2D eigenvalue weighted by Gasteiger charge is -2.48. The van der Waals surface area contributed by atoms with Crippen molar-refractivity contribution in [2.75, 3.05) is 4.90 Å². The van der Waals surface area contributed by atoms with E-state index in [0.717, 1.165) is 11.1 Å². The van der Waals surface area contributed by atoms with Gasteiger partial charge in [0.15, 0.2) is 0 Å². The number of rotatable bonds is 8. The normalized spacial score (nSPS) is 17.5. The molecule has 6 nitrogen and oxygen atoms in total. The molecule has 3 atom stereocenters. The fraction of sp³-hybridized carbons (Fsp3) is 0.161. The molecular formula is C31H25F2NO5. The Hall–Kier alpha value is -4.56. The lowest BCUT2D eigenvalue weighted by atomic mass is 9.78. The highest BCUT2D eigenvalue weighted by Crippen LogP contribution is 2.46. The maximum atomic E-state index is 13.6. The van der Waals surface area contributed by atoms with Crippen LogP contribution in [-0.4, -0.2) is 27.2 Å². The first kappa shape index (κ1) is 26.1. The fourth-order valence-corrected chi connectivity index (χ4v) is 5.05. The molecule has 0 spiro atoms. The molecule has 4 aromatic rings. The monoisotopic (exact) mass is 529 g/mol. The number of hydrogen-bond donors (Lipinski definition) is 3. The highest BCUT2D eigenvalue weighted by molar-refractivity contribution is 6.03. The van der Waals surface area contributed by atoms with Gasteiger partial charge in [-0.3, -0.25) is 4.79 Å². The van der Waals surface area contributed by atoms with Crippen LogP contribution in [-0.2, 0) is 4.79 Å². The third kappa shape index (κ3) is 5.24. The van der Waals surface area contributed by atoms with Gasteiger partial charge in [0.1, 0.15) is 22.9 Å². The van der Waals surface area contributed by atoms with Gasteiger partial charge < -0.3 is 20.2 Å². The zero-order valence-electron chi connectivity index (χ0n) is 20.7. The molecule has 1 heterocycles. The molecule has 3 N–H and O–H groups in total. The molecule has 1 amide bonds. The summed E-state index contributed by atoms with van der Waals surface area (Å²) in [6.07, 6.45) is -0.194. The molecule has 39 heavy (non-hydrogen) atoms. The average molecular weight is 530 g/mol. The maximum absolute atomic E-state index is 13.6. The van der Waals surface area contributed by atoms with Crippen molar-refractivity contribution >= 4 is 17.6 Å². The first-order valence-electron chi connectivity index (χ1n) is 12.4. The number of aromatic hydroxyl groups is 1. The maximum Gasteiger partial charge on any atom is 0.339 e. The number of aliphatic hydroxyl groups is 1. The van der Waals surface area contributed by atoms with Gasteiger partial charge in [-0.25, -0.2) is 13.6 Å². The number of carboxylic acids is 1. The molecule has 5 rings (SSSR count). The number of carboxylic acid groups (broad SMARTS) is 1. The molecule has 8 heteroatoms. The number of carbonyl (C=O) groups excluding carboxylic acids is 1. The van der Waals surface area contributed by atoms with Crippen molar-refractivity contribution in [1.29, 1.82) is 0 Å². The van der Waals surface area contributed by atoms with Crippen LogP contribution in [0, 0.1) is 17.6 Å². The number of phenols is 1. The van der Waals surface area contributed by atoms with Crippen molar-refractivity contribution in [3.8, 4) is 16.9 Å². The van der Waals surface area contributed by atoms with Gasteiger partial charge >= 0.3 is 5.97 Å². The lowest BCUT2D eigenvalue weighted by Crippen LogP contribution is -2.55. The Bertz CT molecular complexity index is 1500. The minimum Gasteiger partial charge on any atom is -0.507 e. The molecule has 4 aromatic carbocycles. The van der Waals surface area contributed by atoms with Gasteiger partial charge in [-0.1, -0.05) is 42.5 Å².